The molecule has 0 saturated carbocycles. The van der Waals surface area contributed by atoms with Crippen LogP contribution in [0.15, 0.2) is 24.3 Å². The lowest BCUT2D eigenvalue weighted by molar-refractivity contribution is -0.152. The minimum absolute atomic E-state index is 0.0541. The highest BCUT2D eigenvalue weighted by Crippen LogP contribution is 2.36. The summed E-state index contributed by atoms with van der Waals surface area (Å²) in [6.45, 7) is 3.17. The highest BCUT2D eigenvalue weighted by Gasteiger charge is 2.53. The Bertz CT molecular complexity index is 1040. The number of nitrogens with two attached hydrogens (primary N) is 2. The first-order chi connectivity index (χ1) is 17.4. The summed E-state index contributed by atoms with van der Waals surface area (Å²) in [5.41, 5.74) is 10.2. The third kappa shape index (κ3) is 5.91. The molecule has 37 heavy (non-hydrogen) atoms. The summed E-state index contributed by atoms with van der Waals surface area (Å²) >= 11 is 0. The highest BCUT2D eigenvalue weighted by atomic mass is 19.1. The van der Waals surface area contributed by atoms with Crippen molar-refractivity contribution in [1.29, 1.82) is 0 Å². The van der Waals surface area contributed by atoms with E-state index in [-0.39, 0.29) is 25.9 Å². The molecule has 2 aliphatic rings. The molecular formula is C25H36FN5O6. The Kier molecular flexibility index (Phi) is 8.88. The number of aliphatic hydroxyl groups excluding tert-OH is 2. The van der Waals surface area contributed by atoms with Gasteiger partial charge in [0.15, 0.2) is 0 Å². The summed E-state index contributed by atoms with van der Waals surface area (Å²) in [7, 11) is 0. The first-order valence-corrected chi connectivity index (χ1v) is 12.5. The van der Waals surface area contributed by atoms with Crippen molar-refractivity contribution in [1.82, 2.24) is 15.1 Å². The van der Waals surface area contributed by atoms with Gasteiger partial charge in [-0.2, -0.15) is 0 Å². The smallest absolute Gasteiger partial charge is 0.247 e. The van der Waals surface area contributed by atoms with Gasteiger partial charge in [-0.25, -0.2) is 4.39 Å². The van der Waals surface area contributed by atoms with Crippen molar-refractivity contribution in [2.75, 3.05) is 13.1 Å². The molecule has 2 fully saturated rings. The van der Waals surface area contributed by atoms with Crippen molar-refractivity contribution in [3.8, 4) is 0 Å². The Morgan fingerprint density at radius 1 is 1.16 bits per heavy atom. The average molecular weight is 522 g/mol. The zero-order chi connectivity index (χ0) is 27.5. The summed E-state index contributed by atoms with van der Waals surface area (Å²) in [5.74, 6) is -3.19. The lowest BCUT2D eigenvalue weighted by atomic mass is 9.86. The van der Waals surface area contributed by atoms with E-state index < -0.39 is 65.3 Å². The minimum atomic E-state index is -1.52. The number of hydrogen-bond donors (Lipinski definition) is 5. The zero-order valence-corrected chi connectivity index (χ0v) is 21.1. The van der Waals surface area contributed by atoms with Crippen LogP contribution in [0.25, 0.3) is 0 Å². The van der Waals surface area contributed by atoms with Crippen molar-refractivity contribution < 1.29 is 33.8 Å². The van der Waals surface area contributed by atoms with Gasteiger partial charge in [-0.05, 0) is 57.2 Å². The molecule has 2 heterocycles. The normalized spacial score (nSPS) is 24.9. The molecule has 7 N–H and O–H groups in total. The standard InChI is InChI=1S/C25H36FN5O6/c1-14(32)19(27)23(36)30-10-4-8-18(30)22(35)31-11-5-9-25(31,13-16-6-3-7-17(26)12-16)24(37)29-20(15(2)33)21(28)34/h3,6-7,12,14-15,18-20,32-33H,4-5,8-11,13,27H2,1-2H3,(H2,28,34)(H,29,37)/t14-,15-,18+,19+,20+,25-/m1/s1. The number of nitrogens with zero attached hydrogens (tertiary/aromatic N) is 2. The number of carbonyl (C=O) groups is 4. The van der Waals surface area contributed by atoms with Crippen molar-refractivity contribution in [2.24, 2.45) is 11.5 Å². The van der Waals surface area contributed by atoms with Gasteiger partial charge in [-0.15, -0.1) is 0 Å². The first-order valence-electron chi connectivity index (χ1n) is 12.5. The Hall–Kier alpha value is -3.09. The number of halogens is 1. The van der Waals surface area contributed by atoms with Crippen molar-refractivity contribution in [2.45, 2.75) is 81.8 Å². The maximum Gasteiger partial charge on any atom is 0.247 e. The number of rotatable bonds is 9. The van der Waals surface area contributed by atoms with Gasteiger partial charge in [-0.3, -0.25) is 19.2 Å². The molecule has 0 spiro atoms. The number of carbonyl (C=O) groups excluding carboxylic acids is 4. The number of hydrogen-bond acceptors (Lipinski definition) is 7. The van der Waals surface area contributed by atoms with Gasteiger partial charge in [-0.1, -0.05) is 12.1 Å². The highest BCUT2D eigenvalue weighted by molar-refractivity contribution is 5.98. The molecule has 0 unspecified atom stereocenters. The van der Waals surface area contributed by atoms with Crippen LogP contribution in [0.4, 0.5) is 4.39 Å². The molecule has 12 heteroatoms. The van der Waals surface area contributed by atoms with E-state index in [0.717, 1.165) is 0 Å². The van der Waals surface area contributed by atoms with E-state index in [1.165, 1.54) is 41.8 Å². The van der Waals surface area contributed by atoms with Gasteiger partial charge in [0.1, 0.15) is 29.5 Å². The second-order valence-electron chi connectivity index (χ2n) is 9.98. The van der Waals surface area contributed by atoms with Crippen LogP contribution in [0.1, 0.15) is 45.1 Å². The molecule has 0 aromatic heterocycles. The van der Waals surface area contributed by atoms with Gasteiger partial charge in [0, 0.05) is 19.5 Å². The topological polar surface area (TPSA) is 179 Å². The second-order valence-corrected chi connectivity index (χ2v) is 9.98. The zero-order valence-electron chi connectivity index (χ0n) is 21.1. The van der Waals surface area contributed by atoms with Crippen LogP contribution in [0.2, 0.25) is 0 Å². The molecule has 0 aliphatic carbocycles. The fourth-order valence-corrected chi connectivity index (χ4v) is 5.25. The molecule has 11 nitrogen and oxygen atoms in total. The molecule has 204 valence electrons. The summed E-state index contributed by atoms with van der Waals surface area (Å²) in [6.07, 6.45) is -0.914. The predicted octanol–water partition coefficient (Wildman–Crippen LogP) is -1.22. The van der Waals surface area contributed by atoms with Gasteiger partial charge in [0.05, 0.1) is 12.2 Å². The average Bonchev–Trinajstić information content (AvgIpc) is 3.48. The number of benzene rings is 1. The molecular weight excluding hydrogens is 485 g/mol. The fraction of sp³-hybridized carbons (Fsp3) is 0.600. The van der Waals surface area contributed by atoms with E-state index in [0.29, 0.717) is 24.8 Å². The molecule has 1 aromatic rings. The number of likely N-dealkylation sites (tertiary alicyclic amines) is 2. The van der Waals surface area contributed by atoms with Crippen LogP contribution >= 0.6 is 0 Å². The van der Waals surface area contributed by atoms with Crippen LogP contribution in [0.5, 0.6) is 0 Å². The van der Waals surface area contributed by atoms with Crippen LogP contribution in [-0.2, 0) is 25.6 Å². The van der Waals surface area contributed by atoms with Crippen LogP contribution < -0.4 is 16.8 Å². The SMILES string of the molecule is C[C@@H](O)[C@H](N)C(=O)N1CCC[C@H]1C(=O)N1CCC[C@@]1(Cc1cccc(F)c1)C(=O)N[C@H](C(N)=O)[C@@H](C)O. The van der Waals surface area contributed by atoms with E-state index in [1.54, 1.807) is 6.07 Å². The predicted molar refractivity (Wildman–Crippen MR) is 131 cm³/mol. The number of aliphatic hydroxyl groups is 2. The van der Waals surface area contributed by atoms with E-state index in [9.17, 15) is 33.8 Å². The van der Waals surface area contributed by atoms with Crippen molar-refractivity contribution in [3.63, 3.8) is 0 Å². The molecule has 1 aromatic carbocycles. The number of nitrogens with one attached hydrogen (secondary N) is 1. The molecule has 2 saturated heterocycles. The Morgan fingerprint density at radius 3 is 2.46 bits per heavy atom. The van der Waals surface area contributed by atoms with Gasteiger partial charge >= 0.3 is 0 Å². The summed E-state index contributed by atoms with van der Waals surface area (Å²) in [4.78, 5) is 55.2. The van der Waals surface area contributed by atoms with Crippen molar-refractivity contribution >= 4 is 23.6 Å². The maximum absolute atomic E-state index is 14.0. The number of primary amides is 1. The molecule has 6 atom stereocenters. The van der Waals surface area contributed by atoms with Gasteiger partial charge in [0.25, 0.3) is 0 Å². The third-order valence-electron chi connectivity index (χ3n) is 7.26. The van der Waals surface area contributed by atoms with E-state index in [2.05, 4.69) is 5.32 Å². The second kappa shape index (κ2) is 11.5. The molecule has 4 amide bonds. The van der Waals surface area contributed by atoms with Crippen LogP contribution in [-0.4, -0.2) is 92.6 Å². The summed E-state index contributed by atoms with van der Waals surface area (Å²) in [6, 6.07) is 2.17. The minimum Gasteiger partial charge on any atom is -0.391 e. The van der Waals surface area contributed by atoms with Crippen LogP contribution in [0.3, 0.4) is 0 Å². The van der Waals surface area contributed by atoms with Crippen molar-refractivity contribution in [3.05, 3.63) is 35.6 Å². The fourth-order valence-electron chi connectivity index (χ4n) is 5.25. The van der Waals surface area contributed by atoms with E-state index >= 15 is 0 Å². The Morgan fingerprint density at radius 2 is 1.86 bits per heavy atom. The first kappa shape index (κ1) is 28.5. The maximum atomic E-state index is 14.0. The monoisotopic (exact) mass is 521 g/mol. The van der Waals surface area contributed by atoms with E-state index in [1.807, 2.05) is 0 Å². The van der Waals surface area contributed by atoms with Crippen LogP contribution in [0, 0.1) is 5.82 Å². The molecule has 0 bridgehead atoms. The third-order valence-corrected chi connectivity index (χ3v) is 7.26. The Balaban J connectivity index is 1.98. The molecule has 3 rings (SSSR count). The quantitative estimate of drug-likeness (QED) is 0.270. The molecule has 2 aliphatic heterocycles. The Labute approximate surface area is 215 Å². The number of amides is 4. The summed E-state index contributed by atoms with van der Waals surface area (Å²) < 4.78 is 14.0. The largest absolute Gasteiger partial charge is 0.391 e. The van der Waals surface area contributed by atoms with Gasteiger partial charge < -0.3 is 36.8 Å². The van der Waals surface area contributed by atoms with Gasteiger partial charge in [0.2, 0.25) is 23.6 Å². The van der Waals surface area contributed by atoms with E-state index in [4.69, 9.17) is 11.5 Å². The lowest BCUT2D eigenvalue weighted by Crippen LogP contribution is -2.65. The lowest BCUT2D eigenvalue weighted by Gasteiger charge is -2.41. The molecule has 0 radical (unpaired) electrons. The summed E-state index contributed by atoms with van der Waals surface area (Å²) in [5, 5.41) is 22.3.